The van der Waals surface area contributed by atoms with Crippen LogP contribution in [0.25, 0.3) is 16.9 Å². The number of aromatic nitrogens is 4. The highest BCUT2D eigenvalue weighted by Crippen LogP contribution is 2.17. The Balaban J connectivity index is 1.48. The molecule has 0 aliphatic rings. The standard InChI is InChI=1S/C22H19N5O/c1-16-20(14-26-27(16)19-10-6-3-7-11-19)22(28)23-13-18-12-21(25-15-24-18)17-8-4-2-5-9-17/h2-12,14-15H,13H2,1H3,(H,23,28). The van der Waals surface area contributed by atoms with Crippen LogP contribution in [0.2, 0.25) is 0 Å². The third-order valence-electron chi connectivity index (χ3n) is 4.48. The predicted molar refractivity (Wildman–Crippen MR) is 107 cm³/mol. The van der Waals surface area contributed by atoms with E-state index in [1.54, 1.807) is 10.9 Å². The van der Waals surface area contributed by atoms with E-state index < -0.39 is 0 Å². The van der Waals surface area contributed by atoms with Crippen molar-refractivity contribution in [2.75, 3.05) is 0 Å². The molecule has 1 N–H and O–H groups in total. The molecule has 6 nitrogen and oxygen atoms in total. The van der Waals surface area contributed by atoms with Gasteiger partial charge in [-0.15, -0.1) is 0 Å². The minimum Gasteiger partial charge on any atom is -0.346 e. The smallest absolute Gasteiger partial charge is 0.255 e. The summed E-state index contributed by atoms with van der Waals surface area (Å²) >= 11 is 0. The fraction of sp³-hybridized carbons (Fsp3) is 0.0909. The van der Waals surface area contributed by atoms with Crippen LogP contribution in [0.1, 0.15) is 21.7 Å². The summed E-state index contributed by atoms with van der Waals surface area (Å²) in [7, 11) is 0. The fourth-order valence-corrected chi connectivity index (χ4v) is 2.99. The van der Waals surface area contributed by atoms with Crippen LogP contribution >= 0.6 is 0 Å². The van der Waals surface area contributed by atoms with Crippen molar-refractivity contribution in [3.8, 4) is 16.9 Å². The molecule has 2 aromatic carbocycles. The van der Waals surface area contributed by atoms with E-state index in [4.69, 9.17) is 0 Å². The summed E-state index contributed by atoms with van der Waals surface area (Å²) in [6.45, 7) is 2.20. The summed E-state index contributed by atoms with van der Waals surface area (Å²) in [5.74, 6) is -0.181. The zero-order valence-electron chi connectivity index (χ0n) is 15.4. The second-order valence-corrected chi connectivity index (χ2v) is 6.33. The van der Waals surface area contributed by atoms with Crippen LogP contribution < -0.4 is 5.32 Å². The molecule has 0 saturated carbocycles. The van der Waals surface area contributed by atoms with E-state index in [1.165, 1.54) is 6.33 Å². The van der Waals surface area contributed by atoms with Crippen molar-refractivity contribution < 1.29 is 4.79 Å². The maximum atomic E-state index is 12.6. The monoisotopic (exact) mass is 369 g/mol. The van der Waals surface area contributed by atoms with Crippen molar-refractivity contribution >= 4 is 5.91 Å². The summed E-state index contributed by atoms with van der Waals surface area (Å²) in [4.78, 5) is 21.2. The lowest BCUT2D eigenvalue weighted by Crippen LogP contribution is -2.24. The summed E-state index contributed by atoms with van der Waals surface area (Å²) in [5, 5.41) is 7.26. The number of carbonyl (C=O) groups excluding carboxylic acids is 1. The molecule has 6 heteroatoms. The van der Waals surface area contributed by atoms with Gasteiger partial charge < -0.3 is 5.32 Å². The lowest BCUT2D eigenvalue weighted by molar-refractivity contribution is 0.0949. The number of para-hydroxylation sites is 1. The Morgan fingerprint density at radius 2 is 1.71 bits per heavy atom. The van der Waals surface area contributed by atoms with E-state index in [2.05, 4.69) is 20.4 Å². The number of hydrogen-bond acceptors (Lipinski definition) is 4. The normalized spacial score (nSPS) is 10.6. The van der Waals surface area contributed by atoms with Gasteiger partial charge in [-0.1, -0.05) is 48.5 Å². The van der Waals surface area contributed by atoms with Crippen molar-refractivity contribution in [1.82, 2.24) is 25.1 Å². The molecule has 0 aliphatic heterocycles. The Morgan fingerprint density at radius 3 is 2.46 bits per heavy atom. The van der Waals surface area contributed by atoms with Gasteiger partial charge >= 0.3 is 0 Å². The molecule has 28 heavy (non-hydrogen) atoms. The maximum absolute atomic E-state index is 12.6. The highest BCUT2D eigenvalue weighted by molar-refractivity contribution is 5.95. The van der Waals surface area contributed by atoms with Gasteiger partial charge in [0.2, 0.25) is 0 Å². The quantitative estimate of drug-likeness (QED) is 0.584. The van der Waals surface area contributed by atoms with E-state index in [0.717, 1.165) is 28.3 Å². The molecule has 0 radical (unpaired) electrons. The molecule has 4 rings (SSSR count). The molecule has 0 bridgehead atoms. The van der Waals surface area contributed by atoms with Crippen molar-refractivity contribution in [3.05, 3.63) is 96.2 Å². The van der Waals surface area contributed by atoms with Gasteiger partial charge in [-0.3, -0.25) is 4.79 Å². The molecule has 0 aliphatic carbocycles. The molecule has 4 aromatic rings. The molecule has 0 fully saturated rings. The summed E-state index contributed by atoms with van der Waals surface area (Å²) in [6.07, 6.45) is 3.11. The van der Waals surface area contributed by atoms with Gasteiger partial charge in [-0.2, -0.15) is 5.10 Å². The zero-order valence-corrected chi connectivity index (χ0v) is 15.4. The second kappa shape index (κ2) is 7.84. The molecular formula is C22H19N5O. The van der Waals surface area contributed by atoms with Gasteiger partial charge in [0.05, 0.1) is 41.1 Å². The predicted octanol–water partition coefficient (Wildman–Crippen LogP) is 3.57. The van der Waals surface area contributed by atoms with E-state index >= 15 is 0 Å². The Bertz CT molecular complexity index is 1090. The molecule has 0 saturated heterocycles. The highest BCUT2D eigenvalue weighted by atomic mass is 16.1. The van der Waals surface area contributed by atoms with Crippen LogP contribution in [0.5, 0.6) is 0 Å². The molecular weight excluding hydrogens is 350 g/mol. The SMILES string of the molecule is Cc1c(C(=O)NCc2cc(-c3ccccc3)ncn2)cnn1-c1ccccc1. The van der Waals surface area contributed by atoms with Crippen LogP contribution in [0, 0.1) is 6.92 Å². The topological polar surface area (TPSA) is 72.7 Å². The van der Waals surface area contributed by atoms with Crippen LogP contribution in [0.4, 0.5) is 0 Å². The summed E-state index contributed by atoms with van der Waals surface area (Å²) in [5.41, 5.74) is 4.83. The third-order valence-corrected chi connectivity index (χ3v) is 4.48. The number of rotatable bonds is 5. The average molecular weight is 369 g/mol. The number of carbonyl (C=O) groups is 1. The lowest BCUT2D eigenvalue weighted by Gasteiger charge is -2.07. The Hall–Kier alpha value is -3.80. The number of benzene rings is 2. The van der Waals surface area contributed by atoms with E-state index in [-0.39, 0.29) is 5.91 Å². The molecule has 2 heterocycles. The van der Waals surface area contributed by atoms with Crippen LogP contribution in [0.3, 0.4) is 0 Å². The fourth-order valence-electron chi connectivity index (χ4n) is 2.99. The van der Waals surface area contributed by atoms with E-state index in [9.17, 15) is 4.79 Å². The van der Waals surface area contributed by atoms with Gasteiger partial charge in [-0.05, 0) is 25.1 Å². The van der Waals surface area contributed by atoms with Crippen molar-refractivity contribution in [2.24, 2.45) is 0 Å². The van der Waals surface area contributed by atoms with Crippen LogP contribution in [-0.4, -0.2) is 25.7 Å². The first-order valence-corrected chi connectivity index (χ1v) is 8.97. The lowest BCUT2D eigenvalue weighted by atomic mass is 10.1. The number of hydrogen-bond donors (Lipinski definition) is 1. The third kappa shape index (κ3) is 3.66. The maximum Gasteiger partial charge on any atom is 0.255 e. The first-order valence-electron chi connectivity index (χ1n) is 8.97. The number of amides is 1. The number of nitrogens with one attached hydrogen (secondary N) is 1. The Morgan fingerprint density at radius 1 is 1.00 bits per heavy atom. The minimum absolute atomic E-state index is 0.181. The molecule has 0 atom stereocenters. The minimum atomic E-state index is -0.181. The Kier molecular flexibility index (Phi) is 4.93. The van der Waals surface area contributed by atoms with Crippen LogP contribution in [-0.2, 0) is 6.54 Å². The van der Waals surface area contributed by atoms with Crippen molar-refractivity contribution in [1.29, 1.82) is 0 Å². The van der Waals surface area contributed by atoms with E-state index in [0.29, 0.717) is 12.1 Å². The highest BCUT2D eigenvalue weighted by Gasteiger charge is 2.15. The van der Waals surface area contributed by atoms with Gasteiger partial charge in [0.15, 0.2) is 0 Å². The molecule has 2 aromatic heterocycles. The second-order valence-electron chi connectivity index (χ2n) is 6.33. The molecule has 0 unspecified atom stereocenters. The summed E-state index contributed by atoms with van der Waals surface area (Å²) in [6, 6.07) is 21.5. The van der Waals surface area contributed by atoms with Crippen LogP contribution in [0.15, 0.2) is 79.3 Å². The summed E-state index contributed by atoms with van der Waals surface area (Å²) < 4.78 is 1.76. The average Bonchev–Trinajstić information content (AvgIpc) is 3.15. The van der Waals surface area contributed by atoms with Gasteiger partial charge in [-0.25, -0.2) is 14.6 Å². The molecule has 1 amide bonds. The van der Waals surface area contributed by atoms with Crippen molar-refractivity contribution in [2.45, 2.75) is 13.5 Å². The van der Waals surface area contributed by atoms with Gasteiger partial charge in [0.25, 0.3) is 5.91 Å². The zero-order chi connectivity index (χ0) is 19.3. The Labute approximate surface area is 162 Å². The van der Waals surface area contributed by atoms with E-state index in [1.807, 2.05) is 73.7 Å². The van der Waals surface area contributed by atoms with Crippen molar-refractivity contribution in [3.63, 3.8) is 0 Å². The number of nitrogens with zero attached hydrogens (tertiary/aromatic N) is 4. The molecule has 0 spiro atoms. The van der Waals surface area contributed by atoms with Gasteiger partial charge in [0, 0.05) is 5.56 Å². The first kappa shape index (κ1) is 17.6. The van der Waals surface area contributed by atoms with Gasteiger partial charge in [0.1, 0.15) is 6.33 Å². The first-order chi connectivity index (χ1) is 13.7. The largest absolute Gasteiger partial charge is 0.346 e. The molecule has 138 valence electrons.